The van der Waals surface area contributed by atoms with E-state index in [0.29, 0.717) is 12.0 Å². The van der Waals surface area contributed by atoms with E-state index in [1.54, 1.807) is 20.8 Å². The third-order valence-corrected chi connectivity index (χ3v) is 6.28. The number of hydrogen-bond donors (Lipinski definition) is 2. The van der Waals surface area contributed by atoms with Crippen molar-refractivity contribution in [2.75, 3.05) is 13.2 Å². The van der Waals surface area contributed by atoms with Crippen molar-refractivity contribution in [3.63, 3.8) is 0 Å². The summed E-state index contributed by atoms with van der Waals surface area (Å²) in [5.41, 5.74) is 5.82. The van der Waals surface area contributed by atoms with Crippen LogP contribution in [0, 0.1) is 22.7 Å². The van der Waals surface area contributed by atoms with Crippen molar-refractivity contribution in [3.05, 3.63) is 23.8 Å². The van der Waals surface area contributed by atoms with Crippen molar-refractivity contribution in [3.8, 4) is 11.5 Å². The molecule has 0 saturated heterocycles. The molecule has 0 fully saturated rings. The summed E-state index contributed by atoms with van der Waals surface area (Å²) in [6.45, 7) is 18.4. The third kappa shape index (κ3) is 12.4. The lowest BCUT2D eigenvalue weighted by Gasteiger charge is -2.32. The smallest absolute Gasteiger partial charge is 0.480 e. The van der Waals surface area contributed by atoms with E-state index in [-0.39, 0.29) is 41.5 Å². The maximum atomic E-state index is 12.5. The lowest BCUT2D eigenvalue weighted by atomic mass is 9.79. The Bertz CT molecular complexity index is 1060. The Balaban J connectivity index is 3.46. The van der Waals surface area contributed by atoms with Crippen molar-refractivity contribution >= 4 is 24.2 Å². The predicted molar refractivity (Wildman–Crippen MR) is 152 cm³/mol. The first kappa shape index (κ1) is 35.7. The van der Waals surface area contributed by atoms with Gasteiger partial charge in [0, 0.05) is 11.8 Å². The highest BCUT2D eigenvalue weighted by atomic mass is 16.7. The zero-order valence-corrected chi connectivity index (χ0v) is 25.9. The van der Waals surface area contributed by atoms with Gasteiger partial charge in [-0.25, -0.2) is 9.59 Å². The lowest BCUT2D eigenvalue weighted by Crippen LogP contribution is -2.43. The molecule has 0 aliphatic carbocycles. The molecule has 4 unspecified atom stereocenters. The van der Waals surface area contributed by atoms with Gasteiger partial charge in [-0.3, -0.25) is 9.59 Å². The summed E-state index contributed by atoms with van der Waals surface area (Å²) in [7, 11) is 0. The van der Waals surface area contributed by atoms with Gasteiger partial charge in [0.05, 0.1) is 19.1 Å². The predicted octanol–water partition coefficient (Wildman–Crippen LogP) is 5.92. The summed E-state index contributed by atoms with van der Waals surface area (Å²) in [5.74, 6) is -3.82. The highest BCUT2D eigenvalue weighted by Crippen LogP contribution is 2.37. The fourth-order valence-electron chi connectivity index (χ4n) is 3.54. The van der Waals surface area contributed by atoms with E-state index < -0.39 is 48.2 Å². The van der Waals surface area contributed by atoms with Crippen LogP contribution in [-0.2, 0) is 23.8 Å². The Hall–Kier alpha value is -3.34. The zero-order chi connectivity index (χ0) is 31.7. The van der Waals surface area contributed by atoms with Crippen molar-refractivity contribution < 1.29 is 48.0 Å². The van der Waals surface area contributed by atoms with Gasteiger partial charge < -0.3 is 34.5 Å². The molecule has 0 spiro atoms. The van der Waals surface area contributed by atoms with Crippen LogP contribution >= 0.6 is 0 Å². The quantitative estimate of drug-likeness (QED) is 0.171. The molecule has 0 bridgehead atoms. The minimum absolute atomic E-state index is 0.0535. The van der Waals surface area contributed by atoms with E-state index in [1.807, 2.05) is 48.5 Å². The molecule has 41 heavy (non-hydrogen) atoms. The van der Waals surface area contributed by atoms with Crippen LogP contribution in [0.5, 0.6) is 11.5 Å². The molecule has 5 atom stereocenters. The van der Waals surface area contributed by atoms with E-state index in [0.717, 1.165) is 0 Å². The highest BCUT2D eigenvalue weighted by Gasteiger charge is 2.36. The number of ether oxygens (including phenoxy) is 5. The van der Waals surface area contributed by atoms with E-state index in [2.05, 4.69) is 0 Å². The van der Waals surface area contributed by atoms with Crippen LogP contribution in [0.25, 0.3) is 0 Å². The van der Waals surface area contributed by atoms with Crippen LogP contribution in [0.4, 0.5) is 9.59 Å². The second-order valence-electron chi connectivity index (χ2n) is 12.8. The monoisotopic (exact) mass is 581 g/mol. The summed E-state index contributed by atoms with van der Waals surface area (Å²) in [6, 6.07) is 2.81. The number of rotatable bonds is 12. The highest BCUT2D eigenvalue weighted by molar-refractivity contribution is 5.75. The molecule has 1 aromatic rings. The summed E-state index contributed by atoms with van der Waals surface area (Å²) < 4.78 is 26.7. The van der Waals surface area contributed by atoms with Crippen molar-refractivity contribution in [2.24, 2.45) is 28.4 Å². The molecule has 232 valence electrons. The SMILES string of the molecule is CCC(C)C(=O)OC(C)C(C)C(c1ccc(OC(=O)OCC(C)(C)C)c(OC(=O)OCC(C)(C)C)c1)[C@H](N)C(=O)O. The minimum atomic E-state index is -1.40. The minimum Gasteiger partial charge on any atom is -0.480 e. The van der Waals surface area contributed by atoms with Crippen LogP contribution in [0.15, 0.2) is 18.2 Å². The Morgan fingerprint density at radius 1 is 0.854 bits per heavy atom. The second kappa shape index (κ2) is 15.0. The van der Waals surface area contributed by atoms with Gasteiger partial charge >= 0.3 is 24.2 Å². The Morgan fingerprint density at radius 2 is 1.34 bits per heavy atom. The van der Waals surface area contributed by atoms with Crippen molar-refractivity contribution in [2.45, 2.75) is 93.7 Å². The molecule has 1 rings (SSSR count). The first-order valence-electron chi connectivity index (χ1n) is 13.8. The molecule has 0 aliphatic heterocycles. The summed E-state index contributed by atoms with van der Waals surface area (Å²) in [4.78, 5) is 49.4. The number of aliphatic carboxylic acids is 1. The number of carboxylic acids is 1. The number of benzene rings is 1. The number of esters is 1. The normalized spacial score (nSPS) is 15.5. The van der Waals surface area contributed by atoms with Crippen LogP contribution < -0.4 is 15.2 Å². The van der Waals surface area contributed by atoms with Gasteiger partial charge in [0.15, 0.2) is 11.5 Å². The number of carbonyl (C=O) groups is 4. The van der Waals surface area contributed by atoms with Gasteiger partial charge in [-0.15, -0.1) is 0 Å². The van der Waals surface area contributed by atoms with E-state index in [1.165, 1.54) is 18.2 Å². The topological polar surface area (TPSA) is 161 Å². The molecule has 0 amide bonds. The molecule has 0 aliphatic rings. The van der Waals surface area contributed by atoms with Crippen molar-refractivity contribution in [1.82, 2.24) is 0 Å². The molecular formula is C30H47NO10. The molecule has 11 heteroatoms. The largest absolute Gasteiger partial charge is 0.513 e. The Labute approximate surface area is 243 Å². The number of nitrogens with two attached hydrogens (primary N) is 1. The molecule has 0 radical (unpaired) electrons. The number of carbonyl (C=O) groups excluding carboxylic acids is 3. The van der Waals surface area contributed by atoms with Gasteiger partial charge in [0.1, 0.15) is 12.1 Å². The van der Waals surface area contributed by atoms with Gasteiger partial charge in [-0.2, -0.15) is 0 Å². The molecule has 11 nitrogen and oxygen atoms in total. The second-order valence-corrected chi connectivity index (χ2v) is 12.8. The van der Waals surface area contributed by atoms with E-state index in [4.69, 9.17) is 29.4 Å². The average Bonchev–Trinajstić information content (AvgIpc) is 2.86. The van der Waals surface area contributed by atoms with Crippen LogP contribution in [-0.4, -0.2) is 54.7 Å². The molecule has 0 aromatic heterocycles. The zero-order valence-electron chi connectivity index (χ0n) is 25.9. The molecular weight excluding hydrogens is 534 g/mol. The summed E-state index contributed by atoms with van der Waals surface area (Å²) in [6.07, 6.45) is -2.17. The van der Waals surface area contributed by atoms with Gasteiger partial charge in [0.2, 0.25) is 0 Å². The number of hydrogen-bond acceptors (Lipinski definition) is 10. The number of carboxylic acid groups (broad SMARTS) is 1. The van der Waals surface area contributed by atoms with Gasteiger partial charge in [-0.1, -0.05) is 68.4 Å². The molecule has 3 N–H and O–H groups in total. The average molecular weight is 582 g/mol. The standard InChI is InChI=1S/C30H47NO10/c1-11-17(2)26(34)39-19(4)18(3)23(24(31)25(32)33)20-12-13-21(40-27(35)37-15-29(5,6)7)22(14-20)41-28(36)38-16-30(8,9)10/h12-14,17-19,23-24H,11,15-16,31H2,1-10H3,(H,32,33)/t17?,18?,19?,23?,24-/m0/s1. The summed E-state index contributed by atoms with van der Waals surface area (Å²) in [5, 5.41) is 9.79. The molecule has 1 aromatic carbocycles. The van der Waals surface area contributed by atoms with E-state index >= 15 is 0 Å². The lowest BCUT2D eigenvalue weighted by molar-refractivity contribution is -0.155. The van der Waals surface area contributed by atoms with E-state index in [9.17, 15) is 24.3 Å². The maximum Gasteiger partial charge on any atom is 0.513 e. The van der Waals surface area contributed by atoms with Gasteiger partial charge in [0.25, 0.3) is 0 Å². The fraction of sp³-hybridized carbons (Fsp3) is 0.667. The van der Waals surface area contributed by atoms with Crippen LogP contribution in [0.3, 0.4) is 0 Å². The van der Waals surface area contributed by atoms with Gasteiger partial charge in [-0.05, 0) is 41.9 Å². The Morgan fingerprint density at radius 3 is 1.78 bits per heavy atom. The van der Waals surface area contributed by atoms with Crippen LogP contribution in [0.2, 0.25) is 0 Å². The molecule has 0 saturated carbocycles. The van der Waals surface area contributed by atoms with Crippen molar-refractivity contribution in [1.29, 1.82) is 0 Å². The first-order chi connectivity index (χ1) is 18.8. The first-order valence-corrected chi connectivity index (χ1v) is 13.8. The molecule has 0 heterocycles. The Kier molecular flexibility index (Phi) is 13.1. The summed E-state index contributed by atoms with van der Waals surface area (Å²) >= 11 is 0. The maximum absolute atomic E-state index is 12.5. The van der Waals surface area contributed by atoms with Crippen LogP contribution in [0.1, 0.15) is 87.1 Å². The third-order valence-electron chi connectivity index (χ3n) is 6.28. The fourth-order valence-corrected chi connectivity index (χ4v) is 3.54.